The second-order valence-electron chi connectivity index (χ2n) is 3.46. The number of carbonyl (C=O) groups is 1. The van der Waals surface area contributed by atoms with Gasteiger partial charge in [-0.05, 0) is 28.6 Å². The normalized spacial score (nSPS) is 11.4. The number of aldehydes is 1. The fourth-order valence-corrected chi connectivity index (χ4v) is 1.48. The van der Waals surface area contributed by atoms with Crippen molar-refractivity contribution in [3.63, 3.8) is 0 Å². The monoisotopic (exact) mass is 274 g/mol. The lowest BCUT2D eigenvalue weighted by atomic mass is 10.2. The van der Waals surface area contributed by atoms with E-state index in [0.29, 0.717) is 11.0 Å². The van der Waals surface area contributed by atoms with Gasteiger partial charge in [-0.1, -0.05) is 0 Å². The molecule has 0 spiro atoms. The standard InChI is InChI=1S/C10H7F3N4O2/c1-19-8-3-2-7(4-6(8)5-18)17-9(10(11,12)13)14-15-16-17/h2-5H,1H3/i5+2. The summed E-state index contributed by atoms with van der Waals surface area (Å²) in [6.07, 6.45) is -4.22. The first-order chi connectivity index (χ1) is 8.97. The van der Waals surface area contributed by atoms with Gasteiger partial charge in [-0.3, -0.25) is 4.79 Å². The highest BCUT2D eigenvalue weighted by atomic mass is 19.4. The molecule has 0 atom stereocenters. The summed E-state index contributed by atoms with van der Waals surface area (Å²) in [5.41, 5.74) is 0.115. The van der Waals surface area contributed by atoms with Crippen molar-refractivity contribution < 1.29 is 22.7 Å². The topological polar surface area (TPSA) is 69.9 Å². The van der Waals surface area contributed by atoms with Gasteiger partial charge < -0.3 is 4.74 Å². The zero-order valence-electron chi connectivity index (χ0n) is 9.55. The second kappa shape index (κ2) is 4.67. The van der Waals surface area contributed by atoms with Crippen LogP contribution in [0.1, 0.15) is 16.2 Å². The molecule has 1 heterocycles. The Morgan fingerprint density at radius 2 is 2.11 bits per heavy atom. The molecule has 1 aromatic carbocycles. The van der Waals surface area contributed by atoms with Gasteiger partial charge in [-0.15, -0.1) is 5.10 Å². The molecule has 2 aromatic rings. The van der Waals surface area contributed by atoms with Gasteiger partial charge in [-0.2, -0.15) is 17.9 Å². The molecular formula is C10H7F3N4O2. The van der Waals surface area contributed by atoms with Crippen molar-refractivity contribution in [2.45, 2.75) is 6.18 Å². The highest BCUT2D eigenvalue weighted by Crippen LogP contribution is 2.29. The number of rotatable bonds is 3. The molecular weight excluding hydrogens is 267 g/mol. The van der Waals surface area contributed by atoms with Crippen LogP contribution in [0.15, 0.2) is 18.2 Å². The SMILES string of the molecule is COc1ccc(-n2nnnc2C(F)(F)F)cc1[14CH]=O. The third kappa shape index (κ3) is 2.39. The molecule has 100 valence electrons. The molecule has 19 heavy (non-hydrogen) atoms. The first kappa shape index (κ1) is 13.0. The van der Waals surface area contributed by atoms with Crippen LogP contribution in [-0.4, -0.2) is 33.6 Å². The maximum atomic E-state index is 12.6. The summed E-state index contributed by atoms with van der Waals surface area (Å²) in [5, 5.41) is 9.17. The highest BCUT2D eigenvalue weighted by molar-refractivity contribution is 5.80. The van der Waals surface area contributed by atoms with Crippen molar-refractivity contribution in [1.82, 2.24) is 20.2 Å². The van der Waals surface area contributed by atoms with Crippen LogP contribution < -0.4 is 4.74 Å². The molecule has 0 saturated carbocycles. The molecule has 0 saturated heterocycles. The van der Waals surface area contributed by atoms with Gasteiger partial charge in [-0.25, -0.2) is 0 Å². The number of aromatic nitrogens is 4. The lowest BCUT2D eigenvalue weighted by Gasteiger charge is -2.09. The number of ether oxygens (including phenoxy) is 1. The number of benzene rings is 1. The van der Waals surface area contributed by atoms with Gasteiger partial charge in [0.15, 0.2) is 6.29 Å². The molecule has 0 unspecified atom stereocenters. The molecule has 0 fully saturated rings. The molecule has 0 aliphatic carbocycles. The molecule has 0 aliphatic heterocycles. The van der Waals surface area contributed by atoms with E-state index in [2.05, 4.69) is 15.5 Å². The fourth-order valence-electron chi connectivity index (χ4n) is 1.48. The van der Waals surface area contributed by atoms with E-state index in [4.69, 9.17) is 4.74 Å². The fraction of sp³-hybridized carbons (Fsp3) is 0.200. The van der Waals surface area contributed by atoms with Crippen LogP contribution in [-0.2, 0) is 6.18 Å². The Hall–Kier alpha value is -2.45. The van der Waals surface area contributed by atoms with Crippen LogP contribution in [0.2, 0.25) is 0 Å². The van der Waals surface area contributed by atoms with E-state index in [9.17, 15) is 18.0 Å². The smallest absolute Gasteiger partial charge is 0.453 e. The van der Waals surface area contributed by atoms with Crippen LogP contribution in [0, 0.1) is 0 Å². The van der Waals surface area contributed by atoms with Crippen molar-refractivity contribution in [3.05, 3.63) is 29.6 Å². The number of hydrogen-bond acceptors (Lipinski definition) is 5. The van der Waals surface area contributed by atoms with E-state index in [1.807, 2.05) is 0 Å². The molecule has 2 rings (SSSR count). The summed E-state index contributed by atoms with van der Waals surface area (Å²) in [4.78, 5) is 10.8. The Morgan fingerprint density at radius 1 is 1.37 bits per heavy atom. The minimum Gasteiger partial charge on any atom is -0.496 e. The predicted molar refractivity (Wildman–Crippen MR) is 56.1 cm³/mol. The van der Waals surface area contributed by atoms with E-state index >= 15 is 0 Å². The predicted octanol–water partition coefficient (Wildman–Crippen LogP) is 1.50. The van der Waals surface area contributed by atoms with E-state index in [0.717, 1.165) is 0 Å². The Morgan fingerprint density at radius 3 is 2.68 bits per heavy atom. The quantitative estimate of drug-likeness (QED) is 0.793. The number of methoxy groups -OCH3 is 1. The van der Waals surface area contributed by atoms with Gasteiger partial charge in [0.05, 0.1) is 18.4 Å². The Labute approximate surface area is 104 Å². The molecule has 9 heteroatoms. The van der Waals surface area contributed by atoms with E-state index in [-0.39, 0.29) is 17.0 Å². The molecule has 0 N–H and O–H groups in total. The number of halogens is 3. The van der Waals surface area contributed by atoms with Crippen molar-refractivity contribution in [2.24, 2.45) is 0 Å². The Balaban J connectivity index is 2.54. The minimum absolute atomic E-state index is 0.0141. The first-order valence-electron chi connectivity index (χ1n) is 4.96. The van der Waals surface area contributed by atoms with E-state index in [1.54, 1.807) is 0 Å². The maximum absolute atomic E-state index is 12.6. The third-order valence-corrected chi connectivity index (χ3v) is 2.31. The van der Waals surface area contributed by atoms with Crippen LogP contribution in [0.25, 0.3) is 5.69 Å². The minimum atomic E-state index is -4.69. The van der Waals surface area contributed by atoms with Crippen molar-refractivity contribution in [2.75, 3.05) is 7.11 Å². The number of alkyl halides is 3. The number of hydrogen-bond donors (Lipinski definition) is 0. The molecule has 1 aromatic heterocycles. The number of carbonyl (C=O) groups excluding carboxylic acids is 1. The lowest BCUT2D eigenvalue weighted by Crippen LogP contribution is -2.14. The van der Waals surface area contributed by atoms with Crippen LogP contribution in [0.4, 0.5) is 13.2 Å². The summed E-state index contributed by atoms with van der Waals surface area (Å²) in [5.74, 6) is -1.02. The molecule has 0 bridgehead atoms. The zero-order chi connectivity index (χ0) is 14.0. The van der Waals surface area contributed by atoms with Crippen molar-refractivity contribution in [3.8, 4) is 11.4 Å². The van der Waals surface area contributed by atoms with E-state index in [1.165, 1.54) is 25.3 Å². The van der Waals surface area contributed by atoms with Gasteiger partial charge in [0.2, 0.25) is 0 Å². The van der Waals surface area contributed by atoms with Gasteiger partial charge in [0.25, 0.3) is 5.82 Å². The summed E-state index contributed by atoms with van der Waals surface area (Å²) in [6.45, 7) is 0. The van der Waals surface area contributed by atoms with Crippen LogP contribution in [0.3, 0.4) is 0 Å². The molecule has 0 radical (unpaired) electrons. The van der Waals surface area contributed by atoms with E-state index < -0.39 is 12.0 Å². The zero-order valence-corrected chi connectivity index (χ0v) is 9.55. The summed E-state index contributed by atoms with van der Waals surface area (Å²) < 4.78 is 43.3. The van der Waals surface area contributed by atoms with Gasteiger partial charge >= 0.3 is 6.18 Å². The molecule has 0 amide bonds. The van der Waals surface area contributed by atoms with Crippen LogP contribution in [0.5, 0.6) is 5.75 Å². The van der Waals surface area contributed by atoms with Crippen molar-refractivity contribution >= 4 is 6.29 Å². The Bertz CT molecular complexity index is 609. The van der Waals surface area contributed by atoms with Gasteiger partial charge in [0.1, 0.15) is 5.75 Å². The summed E-state index contributed by atoms with van der Waals surface area (Å²) in [6, 6.07) is 3.88. The average molecular weight is 274 g/mol. The number of nitrogens with zero attached hydrogens (tertiary/aromatic N) is 4. The van der Waals surface area contributed by atoms with Crippen LogP contribution >= 0.6 is 0 Å². The summed E-state index contributed by atoms with van der Waals surface area (Å²) in [7, 11) is 1.35. The Kier molecular flexibility index (Phi) is 3.19. The highest BCUT2D eigenvalue weighted by Gasteiger charge is 2.38. The van der Waals surface area contributed by atoms with Crippen molar-refractivity contribution in [1.29, 1.82) is 0 Å². The first-order valence-corrected chi connectivity index (χ1v) is 4.96. The average Bonchev–Trinajstić information content (AvgIpc) is 2.87. The third-order valence-electron chi connectivity index (χ3n) is 2.31. The second-order valence-corrected chi connectivity index (χ2v) is 3.46. The largest absolute Gasteiger partial charge is 0.496 e. The molecule has 0 aliphatic rings. The maximum Gasteiger partial charge on any atom is 0.453 e. The summed E-state index contributed by atoms with van der Waals surface area (Å²) >= 11 is 0. The number of tetrazole rings is 1. The lowest BCUT2D eigenvalue weighted by molar-refractivity contribution is -0.146. The van der Waals surface area contributed by atoms with Gasteiger partial charge in [0, 0.05) is 0 Å². The molecule has 6 nitrogen and oxygen atoms in total.